The SMILES string of the molecule is CC[C@H](C(=O)N(Cc1ccco1)Cc1cc(NC(=O)c2ccco2)ccc1N(C)C)c1ccccc1. The zero-order chi connectivity index (χ0) is 25.5. The molecule has 4 aromatic rings. The molecule has 0 saturated carbocycles. The van der Waals surface area contributed by atoms with Crippen LogP contribution in [0.3, 0.4) is 0 Å². The molecule has 36 heavy (non-hydrogen) atoms. The number of amides is 2. The molecule has 7 nitrogen and oxygen atoms in total. The van der Waals surface area contributed by atoms with E-state index in [1.54, 1.807) is 18.4 Å². The number of anilines is 2. The summed E-state index contributed by atoms with van der Waals surface area (Å²) in [6.07, 6.45) is 3.75. The van der Waals surface area contributed by atoms with Crippen LogP contribution in [0.5, 0.6) is 0 Å². The third kappa shape index (κ3) is 5.86. The minimum absolute atomic E-state index is 0.0230. The molecule has 0 radical (unpaired) electrons. The van der Waals surface area contributed by atoms with Crippen LogP contribution in [0, 0.1) is 0 Å². The van der Waals surface area contributed by atoms with Crippen molar-refractivity contribution < 1.29 is 18.4 Å². The van der Waals surface area contributed by atoms with Crippen LogP contribution >= 0.6 is 0 Å². The van der Waals surface area contributed by atoms with Crippen molar-refractivity contribution in [3.63, 3.8) is 0 Å². The number of benzene rings is 2. The lowest BCUT2D eigenvalue weighted by molar-refractivity contribution is -0.134. The van der Waals surface area contributed by atoms with Crippen LogP contribution in [-0.2, 0) is 17.9 Å². The second-order valence-corrected chi connectivity index (χ2v) is 8.81. The molecule has 2 aromatic heterocycles. The molecule has 186 valence electrons. The maximum atomic E-state index is 13.9. The van der Waals surface area contributed by atoms with E-state index in [0.717, 1.165) is 16.8 Å². The molecule has 2 heterocycles. The first-order valence-corrected chi connectivity index (χ1v) is 12.0. The minimum Gasteiger partial charge on any atom is -0.467 e. The summed E-state index contributed by atoms with van der Waals surface area (Å²) in [5.74, 6) is 0.360. The first kappa shape index (κ1) is 24.9. The lowest BCUT2D eigenvalue weighted by atomic mass is 9.94. The zero-order valence-electron chi connectivity index (χ0n) is 20.8. The number of nitrogens with one attached hydrogen (secondary N) is 1. The molecule has 2 aromatic carbocycles. The van der Waals surface area contributed by atoms with Crippen LogP contribution in [0.2, 0.25) is 0 Å². The van der Waals surface area contributed by atoms with Gasteiger partial charge in [-0.2, -0.15) is 0 Å². The molecular weight excluding hydrogens is 454 g/mol. The van der Waals surface area contributed by atoms with Crippen molar-refractivity contribution in [2.75, 3.05) is 24.3 Å². The Morgan fingerprint density at radius 3 is 2.28 bits per heavy atom. The Hall–Kier alpha value is -4.26. The predicted octanol–water partition coefficient (Wildman–Crippen LogP) is 5.91. The molecule has 1 atom stereocenters. The van der Waals surface area contributed by atoms with E-state index in [2.05, 4.69) is 5.32 Å². The Labute approximate surface area is 211 Å². The van der Waals surface area contributed by atoms with E-state index in [0.29, 0.717) is 31.0 Å². The van der Waals surface area contributed by atoms with Crippen LogP contribution < -0.4 is 10.2 Å². The molecule has 0 unspecified atom stereocenters. The molecule has 0 aliphatic heterocycles. The van der Waals surface area contributed by atoms with Crippen molar-refractivity contribution in [3.8, 4) is 0 Å². The summed E-state index contributed by atoms with van der Waals surface area (Å²) >= 11 is 0. The highest BCUT2D eigenvalue weighted by molar-refractivity contribution is 6.02. The van der Waals surface area contributed by atoms with Crippen molar-refractivity contribution in [1.29, 1.82) is 0 Å². The Bertz CT molecular complexity index is 1270. The van der Waals surface area contributed by atoms with E-state index in [1.807, 2.05) is 91.5 Å². The summed E-state index contributed by atoms with van der Waals surface area (Å²) in [6.45, 7) is 2.71. The van der Waals surface area contributed by atoms with Gasteiger partial charge < -0.3 is 24.0 Å². The van der Waals surface area contributed by atoms with Gasteiger partial charge in [-0.1, -0.05) is 37.3 Å². The van der Waals surface area contributed by atoms with Crippen LogP contribution in [0.1, 0.15) is 46.7 Å². The van der Waals surface area contributed by atoms with Gasteiger partial charge in [0.15, 0.2) is 5.76 Å². The van der Waals surface area contributed by atoms with Gasteiger partial charge in [-0.3, -0.25) is 9.59 Å². The van der Waals surface area contributed by atoms with Crippen LogP contribution in [-0.4, -0.2) is 30.8 Å². The van der Waals surface area contributed by atoms with E-state index in [4.69, 9.17) is 8.83 Å². The average molecular weight is 486 g/mol. The molecule has 4 rings (SSSR count). The van der Waals surface area contributed by atoms with Crippen molar-refractivity contribution in [1.82, 2.24) is 4.90 Å². The second-order valence-electron chi connectivity index (χ2n) is 8.81. The molecule has 0 aliphatic carbocycles. The largest absolute Gasteiger partial charge is 0.467 e. The number of hydrogen-bond acceptors (Lipinski definition) is 5. The van der Waals surface area contributed by atoms with Gasteiger partial charge >= 0.3 is 0 Å². The number of carbonyl (C=O) groups is 2. The van der Waals surface area contributed by atoms with E-state index in [1.165, 1.54) is 6.26 Å². The van der Waals surface area contributed by atoms with E-state index in [-0.39, 0.29) is 23.5 Å². The lowest BCUT2D eigenvalue weighted by Crippen LogP contribution is -2.34. The molecule has 0 saturated heterocycles. The fourth-order valence-electron chi connectivity index (χ4n) is 4.29. The Balaban J connectivity index is 1.65. The summed E-state index contributed by atoms with van der Waals surface area (Å²) in [7, 11) is 3.91. The molecule has 2 amide bonds. The number of nitrogens with zero attached hydrogens (tertiary/aromatic N) is 2. The molecule has 0 spiro atoms. The highest BCUT2D eigenvalue weighted by atomic mass is 16.3. The molecule has 0 bridgehead atoms. The minimum atomic E-state index is -0.331. The lowest BCUT2D eigenvalue weighted by Gasteiger charge is -2.29. The normalized spacial score (nSPS) is 11.6. The predicted molar refractivity (Wildman–Crippen MR) is 140 cm³/mol. The third-order valence-corrected chi connectivity index (χ3v) is 6.07. The number of hydrogen-bond donors (Lipinski definition) is 1. The quantitative estimate of drug-likeness (QED) is 0.302. The van der Waals surface area contributed by atoms with Gasteiger partial charge in [0.25, 0.3) is 5.91 Å². The smallest absolute Gasteiger partial charge is 0.291 e. The van der Waals surface area contributed by atoms with E-state index >= 15 is 0 Å². The number of carbonyl (C=O) groups excluding carboxylic acids is 2. The molecular formula is C29H31N3O4. The van der Waals surface area contributed by atoms with Crippen molar-refractivity contribution in [2.24, 2.45) is 0 Å². The van der Waals surface area contributed by atoms with Gasteiger partial charge in [-0.25, -0.2) is 0 Å². The third-order valence-electron chi connectivity index (χ3n) is 6.07. The molecule has 1 N–H and O–H groups in total. The maximum Gasteiger partial charge on any atom is 0.291 e. The average Bonchev–Trinajstić information content (AvgIpc) is 3.59. The zero-order valence-corrected chi connectivity index (χ0v) is 20.8. The van der Waals surface area contributed by atoms with Gasteiger partial charge in [0.1, 0.15) is 5.76 Å². The summed E-state index contributed by atoms with van der Waals surface area (Å²) in [6, 6.07) is 22.5. The van der Waals surface area contributed by atoms with Gasteiger partial charge in [-0.05, 0) is 60.0 Å². The summed E-state index contributed by atoms with van der Waals surface area (Å²) in [5, 5.41) is 2.89. The molecule has 0 fully saturated rings. The number of furan rings is 2. The van der Waals surface area contributed by atoms with E-state index < -0.39 is 0 Å². The number of rotatable bonds is 10. The fourth-order valence-corrected chi connectivity index (χ4v) is 4.29. The van der Waals surface area contributed by atoms with Crippen molar-refractivity contribution >= 4 is 23.2 Å². The van der Waals surface area contributed by atoms with Crippen molar-refractivity contribution in [3.05, 3.63) is 108 Å². The monoisotopic (exact) mass is 485 g/mol. The summed E-state index contributed by atoms with van der Waals surface area (Å²) < 4.78 is 10.8. The maximum absolute atomic E-state index is 13.9. The van der Waals surface area contributed by atoms with Crippen LogP contribution in [0.25, 0.3) is 0 Å². The van der Waals surface area contributed by atoms with E-state index in [9.17, 15) is 9.59 Å². The van der Waals surface area contributed by atoms with Gasteiger partial charge in [0.2, 0.25) is 5.91 Å². The topological polar surface area (TPSA) is 78.9 Å². The highest BCUT2D eigenvalue weighted by Crippen LogP contribution is 2.29. The van der Waals surface area contributed by atoms with Gasteiger partial charge in [0, 0.05) is 32.0 Å². The first-order valence-electron chi connectivity index (χ1n) is 12.0. The molecule has 7 heteroatoms. The summed E-state index contributed by atoms with van der Waals surface area (Å²) in [4.78, 5) is 30.3. The first-order chi connectivity index (χ1) is 17.5. The van der Waals surface area contributed by atoms with Gasteiger partial charge in [-0.15, -0.1) is 0 Å². The van der Waals surface area contributed by atoms with Crippen LogP contribution in [0.4, 0.5) is 11.4 Å². The van der Waals surface area contributed by atoms with Crippen molar-refractivity contribution in [2.45, 2.75) is 32.4 Å². The Kier molecular flexibility index (Phi) is 7.90. The molecule has 0 aliphatic rings. The summed E-state index contributed by atoms with van der Waals surface area (Å²) in [5.41, 5.74) is 3.47. The van der Waals surface area contributed by atoms with Gasteiger partial charge in [0.05, 0.1) is 25.0 Å². The Morgan fingerprint density at radius 2 is 1.64 bits per heavy atom. The fraction of sp³-hybridized carbons (Fsp3) is 0.241. The Morgan fingerprint density at radius 1 is 0.889 bits per heavy atom. The van der Waals surface area contributed by atoms with Crippen LogP contribution in [0.15, 0.2) is 94.2 Å². The second kappa shape index (κ2) is 11.4. The highest BCUT2D eigenvalue weighted by Gasteiger charge is 2.26. The standard InChI is InChI=1S/C29H31N3O4/c1-4-25(21-10-6-5-7-11-21)29(34)32(20-24-12-8-16-35-24)19-22-18-23(14-15-26(22)31(2)3)30-28(33)27-13-9-17-36-27/h5-18,25H,4,19-20H2,1-3H3,(H,30,33)/t25-/m0/s1.